The van der Waals surface area contributed by atoms with Crippen LogP contribution in [0.25, 0.3) is 5.69 Å². The summed E-state index contributed by atoms with van der Waals surface area (Å²) in [5.41, 5.74) is 2.76. The van der Waals surface area contributed by atoms with E-state index in [0.29, 0.717) is 0 Å². The Morgan fingerprint density at radius 3 is 2.21 bits per heavy atom. The number of carbonyl (C=O) groups excluding carboxylic acids is 2. The van der Waals surface area contributed by atoms with Gasteiger partial charge in [0.1, 0.15) is 18.4 Å². The Hall–Kier alpha value is -3.41. The largest absolute Gasteiger partial charge is 0.330 e. The number of halogens is 1. The fourth-order valence-electron chi connectivity index (χ4n) is 4.36. The average Bonchev–Trinajstić information content (AvgIpc) is 3.25. The lowest BCUT2D eigenvalue weighted by molar-refractivity contribution is -0.144. The van der Waals surface area contributed by atoms with Crippen LogP contribution < -0.4 is 4.90 Å². The number of amides is 2. The van der Waals surface area contributed by atoms with Crippen LogP contribution in [0, 0.1) is 11.2 Å². The van der Waals surface area contributed by atoms with Crippen molar-refractivity contribution in [1.82, 2.24) is 9.47 Å². The smallest absolute Gasteiger partial charge is 0.247 e. The Morgan fingerprint density at radius 1 is 0.970 bits per heavy atom. The van der Waals surface area contributed by atoms with Crippen LogP contribution >= 0.6 is 0 Å². The molecule has 2 amide bonds. The SMILES string of the molecule is CC(C)N(CC(=O)N1c2ccccc2-n2cccc2C1c1ccc(F)cc1)C(=O)C(C)(C)C. The van der Waals surface area contributed by atoms with Crippen molar-refractivity contribution >= 4 is 17.5 Å². The second-order valence-electron chi connectivity index (χ2n) is 9.79. The van der Waals surface area contributed by atoms with E-state index in [2.05, 4.69) is 4.57 Å². The molecule has 2 aromatic carbocycles. The van der Waals surface area contributed by atoms with Crippen molar-refractivity contribution in [2.75, 3.05) is 11.4 Å². The summed E-state index contributed by atoms with van der Waals surface area (Å²) in [4.78, 5) is 30.5. The zero-order chi connectivity index (χ0) is 23.9. The molecule has 2 heterocycles. The molecule has 1 aliphatic heterocycles. The van der Waals surface area contributed by atoms with Gasteiger partial charge in [-0.15, -0.1) is 0 Å². The van der Waals surface area contributed by atoms with E-state index in [0.717, 1.165) is 22.6 Å². The van der Waals surface area contributed by atoms with E-state index in [9.17, 15) is 14.0 Å². The van der Waals surface area contributed by atoms with Crippen molar-refractivity contribution in [3.05, 3.63) is 83.9 Å². The number of carbonyl (C=O) groups is 2. The van der Waals surface area contributed by atoms with Gasteiger partial charge in [-0.3, -0.25) is 14.5 Å². The van der Waals surface area contributed by atoms with Gasteiger partial charge < -0.3 is 9.47 Å². The number of fused-ring (bicyclic) bond motifs is 3. The third-order valence-corrected chi connectivity index (χ3v) is 6.01. The highest BCUT2D eigenvalue weighted by molar-refractivity contribution is 6.00. The number of aromatic nitrogens is 1. The van der Waals surface area contributed by atoms with Gasteiger partial charge in [0, 0.05) is 17.7 Å². The van der Waals surface area contributed by atoms with Gasteiger partial charge in [-0.05, 0) is 55.8 Å². The monoisotopic (exact) mass is 447 g/mol. The predicted octanol–water partition coefficient (Wildman–Crippen LogP) is 5.34. The molecule has 172 valence electrons. The Bertz CT molecular complexity index is 1170. The minimum Gasteiger partial charge on any atom is -0.330 e. The summed E-state index contributed by atoms with van der Waals surface area (Å²) in [5, 5.41) is 0. The number of para-hydroxylation sites is 2. The lowest BCUT2D eigenvalue weighted by atomic mass is 9.93. The van der Waals surface area contributed by atoms with Gasteiger partial charge in [0.05, 0.1) is 17.1 Å². The first kappa shape index (κ1) is 22.8. The highest BCUT2D eigenvalue weighted by Gasteiger charge is 2.38. The normalized spacial score (nSPS) is 15.2. The van der Waals surface area contributed by atoms with Crippen LogP contribution in [-0.2, 0) is 9.59 Å². The molecule has 0 radical (unpaired) electrons. The molecule has 5 nitrogen and oxygen atoms in total. The number of rotatable bonds is 4. The minimum atomic E-state index is -0.602. The average molecular weight is 448 g/mol. The first-order valence-corrected chi connectivity index (χ1v) is 11.2. The molecule has 0 saturated carbocycles. The van der Waals surface area contributed by atoms with Gasteiger partial charge in [0.2, 0.25) is 11.8 Å². The van der Waals surface area contributed by atoms with Crippen LogP contribution in [-0.4, -0.2) is 33.9 Å². The molecule has 0 saturated heterocycles. The maximum Gasteiger partial charge on any atom is 0.247 e. The van der Waals surface area contributed by atoms with Crippen LogP contribution in [0.4, 0.5) is 10.1 Å². The Kier molecular flexibility index (Phi) is 5.87. The van der Waals surface area contributed by atoms with Crippen molar-refractivity contribution in [2.24, 2.45) is 5.41 Å². The summed E-state index contributed by atoms with van der Waals surface area (Å²) in [6, 6.07) is 17.3. The number of benzene rings is 2. The maximum absolute atomic E-state index is 13.9. The Balaban J connectivity index is 1.82. The summed E-state index contributed by atoms with van der Waals surface area (Å²) in [6.07, 6.45) is 1.97. The first-order valence-electron chi connectivity index (χ1n) is 11.2. The summed E-state index contributed by atoms with van der Waals surface area (Å²) in [6.45, 7) is 9.38. The second-order valence-corrected chi connectivity index (χ2v) is 9.79. The summed E-state index contributed by atoms with van der Waals surface area (Å²) in [7, 11) is 0. The van der Waals surface area contributed by atoms with Crippen molar-refractivity contribution in [1.29, 1.82) is 0 Å². The molecule has 0 spiro atoms. The van der Waals surface area contributed by atoms with Gasteiger partial charge >= 0.3 is 0 Å². The van der Waals surface area contributed by atoms with E-state index in [4.69, 9.17) is 0 Å². The molecule has 0 fully saturated rings. The molecule has 6 heteroatoms. The van der Waals surface area contributed by atoms with Crippen molar-refractivity contribution in [3.63, 3.8) is 0 Å². The van der Waals surface area contributed by atoms with E-state index in [1.165, 1.54) is 12.1 Å². The lowest BCUT2D eigenvalue weighted by Crippen LogP contribution is -2.51. The molecular formula is C27H30FN3O2. The zero-order valence-electron chi connectivity index (χ0n) is 19.7. The molecule has 0 bridgehead atoms. The molecular weight excluding hydrogens is 417 g/mol. The molecule has 1 unspecified atom stereocenters. The zero-order valence-corrected chi connectivity index (χ0v) is 19.7. The fraction of sp³-hybridized carbons (Fsp3) is 0.333. The van der Waals surface area contributed by atoms with E-state index in [1.807, 2.05) is 77.2 Å². The quantitative estimate of drug-likeness (QED) is 0.542. The van der Waals surface area contributed by atoms with Gasteiger partial charge in [0.25, 0.3) is 0 Å². The summed E-state index contributed by atoms with van der Waals surface area (Å²) >= 11 is 0. The third-order valence-electron chi connectivity index (χ3n) is 6.01. The third kappa shape index (κ3) is 4.17. The van der Waals surface area contributed by atoms with Crippen molar-refractivity contribution in [3.8, 4) is 5.69 Å². The number of hydrogen-bond acceptors (Lipinski definition) is 2. The van der Waals surface area contributed by atoms with Crippen LogP contribution in [0.3, 0.4) is 0 Å². The number of anilines is 1. The van der Waals surface area contributed by atoms with Gasteiger partial charge in [0.15, 0.2) is 0 Å². The van der Waals surface area contributed by atoms with Crippen LogP contribution in [0.5, 0.6) is 0 Å². The fourth-order valence-corrected chi connectivity index (χ4v) is 4.36. The molecule has 1 atom stereocenters. The molecule has 4 rings (SSSR count). The van der Waals surface area contributed by atoms with Crippen LogP contribution in [0.2, 0.25) is 0 Å². The van der Waals surface area contributed by atoms with Crippen molar-refractivity contribution in [2.45, 2.75) is 46.7 Å². The Labute approximate surface area is 194 Å². The lowest BCUT2D eigenvalue weighted by Gasteiger charge is -2.40. The van der Waals surface area contributed by atoms with E-state index >= 15 is 0 Å². The minimum absolute atomic E-state index is 0.0412. The molecule has 0 N–H and O–H groups in total. The highest BCUT2D eigenvalue weighted by atomic mass is 19.1. The van der Waals surface area contributed by atoms with Crippen LogP contribution in [0.1, 0.15) is 51.9 Å². The molecule has 33 heavy (non-hydrogen) atoms. The van der Waals surface area contributed by atoms with Gasteiger partial charge in [-0.2, -0.15) is 0 Å². The molecule has 3 aromatic rings. The van der Waals surface area contributed by atoms with Crippen LogP contribution in [0.15, 0.2) is 66.9 Å². The Morgan fingerprint density at radius 2 is 1.61 bits per heavy atom. The molecule has 0 aliphatic carbocycles. The molecule has 1 aromatic heterocycles. The number of hydrogen-bond donors (Lipinski definition) is 0. The van der Waals surface area contributed by atoms with Gasteiger partial charge in [-0.25, -0.2) is 4.39 Å². The topological polar surface area (TPSA) is 45.6 Å². The van der Waals surface area contributed by atoms with E-state index in [-0.39, 0.29) is 30.2 Å². The first-order chi connectivity index (χ1) is 15.6. The molecule has 1 aliphatic rings. The standard InChI is InChI=1S/C27H30FN3O2/c1-18(2)30(26(33)27(3,4)5)17-24(32)31-22-10-7-6-9-21(22)29-16-8-11-23(29)25(31)19-12-14-20(28)15-13-19/h6-16,18,25H,17H2,1-5H3. The van der Waals surface area contributed by atoms with Gasteiger partial charge in [-0.1, -0.05) is 45.0 Å². The second kappa shape index (κ2) is 8.50. The highest BCUT2D eigenvalue weighted by Crippen LogP contribution is 2.42. The predicted molar refractivity (Wildman–Crippen MR) is 128 cm³/mol. The maximum atomic E-state index is 13.9. The van der Waals surface area contributed by atoms with E-state index < -0.39 is 11.5 Å². The number of nitrogens with zero attached hydrogens (tertiary/aromatic N) is 3. The van der Waals surface area contributed by atoms with E-state index in [1.54, 1.807) is 21.9 Å². The summed E-state index contributed by atoms with van der Waals surface area (Å²) in [5.74, 6) is -0.585. The summed E-state index contributed by atoms with van der Waals surface area (Å²) < 4.78 is 15.8. The van der Waals surface area contributed by atoms with Crippen molar-refractivity contribution < 1.29 is 14.0 Å².